The number of fused-ring (bicyclic) bond motifs is 2. The van der Waals surface area contributed by atoms with Crippen molar-refractivity contribution in [1.29, 1.82) is 0 Å². The summed E-state index contributed by atoms with van der Waals surface area (Å²) < 4.78 is 14.3. The lowest BCUT2D eigenvalue weighted by atomic mass is 9.98. The summed E-state index contributed by atoms with van der Waals surface area (Å²) in [6.45, 7) is 3.40. The summed E-state index contributed by atoms with van der Waals surface area (Å²) in [6, 6.07) is 9.58. The van der Waals surface area contributed by atoms with Crippen molar-refractivity contribution in [2.45, 2.75) is 32.0 Å². The van der Waals surface area contributed by atoms with Gasteiger partial charge in [-0.1, -0.05) is 24.3 Å². The Labute approximate surface area is 176 Å². The molecule has 1 aliphatic rings. The molecule has 8 heteroatoms. The van der Waals surface area contributed by atoms with E-state index < -0.39 is 11.7 Å². The second-order valence-corrected chi connectivity index (χ2v) is 8.91. The van der Waals surface area contributed by atoms with Crippen LogP contribution in [0.3, 0.4) is 0 Å². The molecular formula is C22H20FN5OS. The van der Waals surface area contributed by atoms with Crippen molar-refractivity contribution < 1.29 is 9.18 Å². The van der Waals surface area contributed by atoms with Crippen LogP contribution in [-0.4, -0.2) is 37.3 Å². The highest BCUT2D eigenvalue weighted by Gasteiger charge is 2.36. The number of H-pyrrole nitrogens is 1. The van der Waals surface area contributed by atoms with E-state index >= 15 is 0 Å². The maximum Gasteiger partial charge on any atom is 0.266 e. The Morgan fingerprint density at radius 1 is 1.20 bits per heavy atom. The second kappa shape index (κ2) is 6.98. The van der Waals surface area contributed by atoms with Crippen molar-refractivity contribution in [3.05, 3.63) is 76.0 Å². The van der Waals surface area contributed by atoms with E-state index in [9.17, 15) is 9.18 Å². The Morgan fingerprint density at radius 2 is 2.00 bits per heavy atom. The maximum absolute atomic E-state index is 14.3. The van der Waals surface area contributed by atoms with Crippen LogP contribution in [-0.2, 0) is 12.1 Å². The molecule has 3 aromatic heterocycles. The van der Waals surface area contributed by atoms with Crippen molar-refractivity contribution in [1.82, 2.24) is 24.8 Å². The second-order valence-electron chi connectivity index (χ2n) is 7.88. The first-order valence-corrected chi connectivity index (χ1v) is 10.6. The van der Waals surface area contributed by atoms with Crippen LogP contribution < -0.4 is 0 Å². The van der Waals surface area contributed by atoms with Gasteiger partial charge in [-0.15, -0.1) is 11.3 Å². The number of thiazole rings is 1. The van der Waals surface area contributed by atoms with E-state index in [1.54, 1.807) is 11.2 Å². The summed E-state index contributed by atoms with van der Waals surface area (Å²) in [5.74, 6) is -0.184. The molecule has 5 rings (SSSR count). The molecule has 4 heterocycles. The molecule has 152 valence electrons. The number of hydrogen-bond acceptors (Lipinski definition) is 5. The summed E-state index contributed by atoms with van der Waals surface area (Å²) in [4.78, 5) is 32.1. The van der Waals surface area contributed by atoms with E-state index in [2.05, 4.69) is 19.9 Å². The molecule has 0 spiro atoms. The summed E-state index contributed by atoms with van der Waals surface area (Å²) in [5.41, 5.74) is 0.979. The van der Waals surface area contributed by atoms with E-state index in [4.69, 9.17) is 0 Å². The molecular weight excluding hydrogens is 401 g/mol. The molecule has 0 saturated carbocycles. The number of amides is 1. The fraction of sp³-hybridized carbons (Fsp3) is 0.273. The van der Waals surface area contributed by atoms with Gasteiger partial charge in [-0.05, 0) is 25.3 Å². The van der Waals surface area contributed by atoms with E-state index in [1.165, 1.54) is 20.0 Å². The first kappa shape index (κ1) is 18.9. The highest BCUT2D eigenvalue weighted by molar-refractivity contribution is 7.13. The number of hydrogen-bond donors (Lipinski definition) is 1. The lowest BCUT2D eigenvalue weighted by molar-refractivity contribution is 0.0692. The van der Waals surface area contributed by atoms with E-state index in [1.807, 2.05) is 36.5 Å². The van der Waals surface area contributed by atoms with Crippen molar-refractivity contribution in [2.24, 2.45) is 0 Å². The van der Waals surface area contributed by atoms with Gasteiger partial charge in [0, 0.05) is 30.2 Å². The van der Waals surface area contributed by atoms with Gasteiger partial charge in [-0.25, -0.2) is 14.4 Å². The van der Waals surface area contributed by atoms with Gasteiger partial charge < -0.3 is 9.88 Å². The molecule has 1 amide bonds. The van der Waals surface area contributed by atoms with Gasteiger partial charge in [-0.3, -0.25) is 9.78 Å². The summed E-state index contributed by atoms with van der Waals surface area (Å²) in [6.07, 6.45) is 5.62. The lowest BCUT2D eigenvalue weighted by Gasteiger charge is -2.34. The minimum atomic E-state index is -1.58. The maximum atomic E-state index is 14.3. The van der Waals surface area contributed by atoms with Gasteiger partial charge in [0.2, 0.25) is 0 Å². The summed E-state index contributed by atoms with van der Waals surface area (Å²) in [7, 11) is 0. The van der Waals surface area contributed by atoms with Crippen molar-refractivity contribution >= 4 is 28.0 Å². The summed E-state index contributed by atoms with van der Waals surface area (Å²) >= 11 is 1.10. The van der Waals surface area contributed by atoms with Gasteiger partial charge in [-0.2, -0.15) is 0 Å². The Morgan fingerprint density at radius 3 is 2.77 bits per heavy atom. The standard InChI is InChI=1S/C22H20FN5OS/c1-22(2,23)21-25-11-17(30-21)20(29)28-8-7-15-18(27-12-26-15)19(28)16-9-13-5-3-4-6-14(13)10-24-16/h3-6,9-12,19H,7-8H2,1-2H3,(H,26,27)/t19-/m0/s1. The fourth-order valence-electron chi connectivity index (χ4n) is 3.83. The largest absolute Gasteiger partial charge is 0.348 e. The fourth-order valence-corrected chi connectivity index (χ4v) is 4.70. The van der Waals surface area contributed by atoms with Gasteiger partial charge in [0.25, 0.3) is 5.91 Å². The molecule has 6 nitrogen and oxygen atoms in total. The van der Waals surface area contributed by atoms with Crippen LogP contribution in [0, 0.1) is 0 Å². The van der Waals surface area contributed by atoms with Crippen molar-refractivity contribution in [3.63, 3.8) is 0 Å². The highest BCUT2D eigenvalue weighted by Crippen LogP contribution is 2.36. The SMILES string of the molecule is CC(C)(F)c1ncc(C(=O)N2CCc3[nH]cnc3[C@@H]2c2cc3ccccc3cn2)s1. The minimum absolute atomic E-state index is 0.184. The van der Waals surface area contributed by atoms with Gasteiger partial charge in [0.1, 0.15) is 15.9 Å². The van der Waals surface area contributed by atoms with Gasteiger partial charge in [0.15, 0.2) is 5.67 Å². The molecule has 4 aromatic rings. The summed E-state index contributed by atoms with van der Waals surface area (Å²) in [5, 5.41) is 2.38. The molecule has 1 atom stereocenters. The molecule has 1 N–H and O–H groups in total. The molecule has 0 saturated heterocycles. The van der Waals surface area contributed by atoms with Crippen LogP contribution in [0.25, 0.3) is 10.8 Å². The third-order valence-corrected chi connectivity index (χ3v) is 6.63. The Bertz CT molecular complexity index is 1240. The van der Waals surface area contributed by atoms with Crippen LogP contribution in [0.15, 0.2) is 49.1 Å². The molecule has 0 aliphatic carbocycles. The van der Waals surface area contributed by atoms with Crippen LogP contribution in [0.2, 0.25) is 0 Å². The van der Waals surface area contributed by atoms with E-state index in [0.717, 1.165) is 39.2 Å². The Hall–Kier alpha value is -3.13. The molecule has 30 heavy (non-hydrogen) atoms. The van der Waals surface area contributed by atoms with Crippen molar-refractivity contribution in [3.8, 4) is 0 Å². The zero-order valence-corrected chi connectivity index (χ0v) is 17.4. The number of benzene rings is 1. The average molecular weight is 422 g/mol. The smallest absolute Gasteiger partial charge is 0.266 e. The zero-order valence-electron chi connectivity index (χ0n) is 16.6. The number of rotatable bonds is 3. The number of halogens is 1. The average Bonchev–Trinajstić information content (AvgIpc) is 3.41. The number of nitrogens with zero attached hydrogens (tertiary/aromatic N) is 4. The number of carbonyl (C=O) groups excluding carboxylic acids is 1. The van der Waals surface area contributed by atoms with Crippen LogP contribution in [0.5, 0.6) is 0 Å². The number of aromatic nitrogens is 4. The van der Waals surface area contributed by atoms with E-state index in [0.29, 0.717) is 22.9 Å². The van der Waals surface area contributed by atoms with Crippen LogP contribution >= 0.6 is 11.3 Å². The molecule has 1 aromatic carbocycles. The van der Waals surface area contributed by atoms with Crippen molar-refractivity contribution in [2.75, 3.05) is 6.54 Å². The Balaban J connectivity index is 1.58. The van der Waals surface area contributed by atoms with E-state index in [-0.39, 0.29) is 5.91 Å². The lowest BCUT2D eigenvalue weighted by Crippen LogP contribution is -2.40. The molecule has 1 aliphatic heterocycles. The highest BCUT2D eigenvalue weighted by atomic mass is 32.1. The molecule has 0 bridgehead atoms. The molecule has 0 radical (unpaired) electrons. The number of nitrogens with one attached hydrogen (secondary N) is 1. The number of imidazole rings is 1. The predicted molar refractivity (Wildman–Crippen MR) is 113 cm³/mol. The van der Waals surface area contributed by atoms with Crippen LogP contribution in [0.1, 0.15) is 51.7 Å². The monoisotopic (exact) mass is 421 g/mol. The molecule has 0 fully saturated rings. The minimum Gasteiger partial charge on any atom is -0.348 e. The number of alkyl halides is 1. The zero-order chi connectivity index (χ0) is 20.9. The van der Waals surface area contributed by atoms with Crippen LogP contribution in [0.4, 0.5) is 4.39 Å². The van der Waals surface area contributed by atoms with Gasteiger partial charge in [0.05, 0.1) is 23.9 Å². The number of carbonyl (C=O) groups is 1. The molecule has 0 unspecified atom stereocenters. The number of aromatic amines is 1. The third kappa shape index (κ3) is 3.17. The number of pyridine rings is 1. The quantitative estimate of drug-likeness (QED) is 0.532. The topological polar surface area (TPSA) is 74.8 Å². The normalized spacial score (nSPS) is 16.6. The Kier molecular flexibility index (Phi) is 4.39. The first-order valence-electron chi connectivity index (χ1n) is 9.75. The first-order chi connectivity index (χ1) is 14.4. The predicted octanol–water partition coefficient (Wildman–Crippen LogP) is 4.41. The van der Waals surface area contributed by atoms with Gasteiger partial charge >= 0.3 is 0 Å². The third-order valence-electron chi connectivity index (χ3n) is 5.34.